The summed E-state index contributed by atoms with van der Waals surface area (Å²) in [7, 11) is 0. The van der Waals surface area contributed by atoms with Gasteiger partial charge in [0.1, 0.15) is 6.61 Å². The van der Waals surface area contributed by atoms with Gasteiger partial charge in [-0.05, 0) is 43.0 Å². The average Bonchev–Trinajstić information content (AvgIpc) is 2.49. The summed E-state index contributed by atoms with van der Waals surface area (Å²) in [4.78, 5) is 2.52. The van der Waals surface area contributed by atoms with Crippen molar-refractivity contribution in [1.29, 1.82) is 0 Å². The number of piperidine rings is 1. The molecule has 1 aliphatic rings. The fourth-order valence-electron chi connectivity index (χ4n) is 2.76. The van der Waals surface area contributed by atoms with Gasteiger partial charge in [0.15, 0.2) is 0 Å². The molecule has 2 heteroatoms. The molecule has 1 fully saturated rings. The first-order valence-electron chi connectivity index (χ1n) is 7.57. The van der Waals surface area contributed by atoms with Crippen molar-refractivity contribution in [3.63, 3.8) is 0 Å². The van der Waals surface area contributed by atoms with Crippen LogP contribution in [-0.2, 0) is 6.54 Å². The van der Waals surface area contributed by atoms with E-state index in [1.54, 1.807) is 0 Å². The number of hydrogen-bond acceptors (Lipinski definition) is 2. The van der Waals surface area contributed by atoms with E-state index in [4.69, 9.17) is 5.11 Å². The first-order chi connectivity index (χ1) is 9.67. The van der Waals surface area contributed by atoms with Gasteiger partial charge in [-0.2, -0.15) is 0 Å². The summed E-state index contributed by atoms with van der Waals surface area (Å²) in [5.74, 6) is 5.80. The maximum absolute atomic E-state index is 8.84. The van der Waals surface area contributed by atoms with Gasteiger partial charge in [-0.3, -0.25) is 4.90 Å². The largest absolute Gasteiger partial charge is 0.384 e. The van der Waals surface area contributed by atoms with Crippen LogP contribution in [0.4, 0.5) is 0 Å². The van der Waals surface area contributed by atoms with E-state index in [1.807, 2.05) is 12.1 Å². The third kappa shape index (κ3) is 3.85. The zero-order valence-electron chi connectivity index (χ0n) is 12.7. The number of nitrogens with zero attached hydrogens (tertiary/aromatic N) is 1. The molecule has 1 saturated heterocycles. The maximum atomic E-state index is 8.84. The van der Waals surface area contributed by atoms with Gasteiger partial charge in [0, 0.05) is 12.1 Å². The summed E-state index contributed by atoms with van der Waals surface area (Å²) in [5.41, 5.74) is 2.85. The van der Waals surface area contributed by atoms with Crippen LogP contribution in [0, 0.1) is 17.3 Å². The standard InChI is InChI=1S/C18H25NO/c1-3-18(2)10-12-19(13-11-18)15-17-8-5-4-7-16(17)9-6-14-20/h4-5,7-8,20H,3,10-15H2,1-2H3. The fourth-order valence-corrected chi connectivity index (χ4v) is 2.76. The molecule has 0 unspecified atom stereocenters. The molecule has 0 radical (unpaired) electrons. The summed E-state index contributed by atoms with van der Waals surface area (Å²) in [5, 5.41) is 8.84. The van der Waals surface area contributed by atoms with Crippen molar-refractivity contribution in [1.82, 2.24) is 4.90 Å². The SMILES string of the molecule is CCC1(C)CCN(Cc2ccccc2C#CCO)CC1. The Kier molecular flexibility index (Phi) is 5.23. The van der Waals surface area contributed by atoms with Crippen LogP contribution in [0.25, 0.3) is 0 Å². The molecule has 1 N–H and O–H groups in total. The van der Waals surface area contributed by atoms with Crippen molar-refractivity contribution in [3.05, 3.63) is 35.4 Å². The molecule has 108 valence electrons. The average molecular weight is 271 g/mol. The van der Waals surface area contributed by atoms with E-state index in [0.29, 0.717) is 5.41 Å². The Balaban J connectivity index is 2.01. The molecule has 1 aromatic rings. The number of hydrogen-bond donors (Lipinski definition) is 1. The highest BCUT2D eigenvalue weighted by Crippen LogP contribution is 2.34. The molecule has 0 aliphatic carbocycles. The Labute approximate surface area is 122 Å². The molecule has 2 rings (SSSR count). The third-order valence-corrected chi connectivity index (χ3v) is 4.63. The predicted octanol–water partition coefficient (Wildman–Crippen LogP) is 3.04. The van der Waals surface area contributed by atoms with E-state index in [0.717, 1.165) is 12.1 Å². The summed E-state index contributed by atoms with van der Waals surface area (Å²) < 4.78 is 0. The lowest BCUT2D eigenvalue weighted by atomic mass is 9.78. The van der Waals surface area contributed by atoms with Crippen LogP contribution in [0.3, 0.4) is 0 Å². The Morgan fingerprint density at radius 2 is 1.95 bits per heavy atom. The molecule has 0 atom stereocenters. The lowest BCUT2D eigenvalue weighted by Gasteiger charge is -2.39. The Morgan fingerprint density at radius 3 is 2.60 bits per heavy atom. The first kappa shape index (κ1) is 15.1. The first-order valence-corrected chi connectivity index (χ1v) is 7.57. The molecule has 1 heterocycles. The van der Waals surface area contributed by atoms with Crippen LogP contribution < -0.4 is 0 Å². The molecule has 0 saturated carbocycles. The topological polar surface area (TPSA) is 23.5 Å². The second kappa shape index (κ2) is 6.92. The number of aliphatic hydroxyl groups is 1. The van der Waals surface area contributed by atoms with Crippen LogP contribution in [-0.4, -0.2) is 29.7 Å². The second-order valence-electron chi connectivity index (χ2n) is 6.06. The molecular weight excluding hydrogens is 246 g/mol. The maximum Gasteiger partial charge on any atom is 0.104 e. The van der Waals surface area contributed by atoms with Crippen molar-refractivity contribution < 1.29 is 5.11 Å². The van der Waals surface area contributed by atoms with Gasteiger partial charge in [-0.1, -0.05) is 50.3 Å². The zero-order chi connectivity index (χ0) is 14.4. The van der Waals surface area contributed by atoms with Crippen LogP contribution in [0.1, 0.15) is 44.2 Å². The molecule has 20 heavy (non-hydrogen) atoms. The minimum atomic E-state index is -0.0765. The van der Waals surface area contributed by atoms with Crippen molar-refractivity contribution in [2.75, 3.05) is 19.7 Å². The Hall–Kier alpha value is -1.30. The number of rotatable bonds is 3. The van der Waals surface area contributed by atoms with Gasteiger partial charge in [0.05, 0.1) is 0 Å². The van der Waals surface area contributed by atoms with Gasteiger partial charge >= 0.3 is 0 Å². The Morgan fingerprint density at radius 1 is 1.25 bits per heavy atom. The third-order valence-electron chi connectivity index (χ3n) is 4.63. The smallest absolute Gasteiger partial charge is 0.104 e. The molecule has 0 aromatic heterocycles. The fraction of sp³-hybridized carbons (Fsp3) is 0.556. The minimum absolute atomic E-state index is 0.0765. The van der Waals surface area contributed by atoms with Gasteiger partial charge in [0.25, 0.3) is 0 Å². The molecule has 1 aromatic carbocycles. The molecule has 1 aliphatic heterocycles. The van der Waals surface area contributed by atoms with Crippen LogP contribution in [0.5, 0.6) is 0 Å². The molecule has 0 amide bonds. The highest BCUT2D eigenvalue weighted by atomic mass is 16.2. The van der Waals surface area contributed by atoms with Gasteiger partial charge in [-0.15, -0.1) is 0 Å². The van der Waals surface area contributed by atoms with E-state index in [9.17, 15) is 0 Å². The molecule has 0 spiro atoms. The van der Waals surface area contributed by atoms with Gasteiger partial charge < -0.3 is 5.11 Å². The van der Waals surface area contributed by atoms with Crippen molar-refractivity contribution in [2.24, 2.45) is 5.41 Å². The zero-order valence-corrected chi connectivity index (χ0v) is 12.7. The van der Waals surface area contributed by atoms with Crippen LogP contribution in [0.15, 0.2) is 24.3 Å². The molecule has 2 nitrogen and oxygen atoms in total. The monoisotopic (exact) mass is 271 g/mol. The van der Waals surface area contributed by atoms with Gasteiger partial charge in [-0.25, -0.2) is 0 Å². The van der Waals surface area contributed by atoms with Crippen LogP contribution in [0.2, 0.25) is 0 Å². The summed E-state index contributed by atoms with van der Waals surface area (Å²) in [6, 6.07) is 8.27. The van der Waals surface area contributed by atoms with Crippen molar-refractivity contribution in [2.45, 2.75) is 39.7 Å². The normalized spacial score (nSPS) is 18.4. The molecular formula is C18H25NO. The lowest BCUT2D eigenvalue weighted by Crippen LogP contribution is -2.38. The van der Waals surface area contributed by atoms with E-state index in [-0.39, 0.29) is 6.61 Å². The number of likely N-dealkylation sites (tertiary alicyclic amines) is 1. The van der Waals surface area contributed by atoms with Crippen molar-refractivity contribution in [3.8, 4) is 11.8 Å². The van der Waals surface area contributed by atoms with E-state index in [1.165, 1.54) is 37.9 Å². The second-order valence-corrected chi connectivity index (χ2v) is 6.06. The summed E-state index contributed by atoms with van der Waals surface area (Å²) in [6.07, 6.45) is 3.85. The Bertz CT molecular complexity index is 490. The highest BCUT2D eigenvalue weighted by Gasteiger charge is 2.28. The summed E-state index contributed by atoms with van der Waals surface area (Å²) in [6.45, 7) is 7.95. The lowest BCUT2D eigenvalue weighted by molar-refractivity contribution is 0.109. The predicted molar refractivity (Wildman–Crippen MR) is 83.3 cm³/mol. The quantitative estimate of drug-likeness (QED) is 0.854. The van der Waals surface area contributed by atoms with E-state index >= 15 is 0 Å². The van der Waals surface area contributed by atoms with Gasteiger partial charge in [0.2, 0.25) is 0 Å². The number of aliphatic hydroxyl groups excluding tert-OH is 1. The van der Waals surface area contributed by atoms with Crippen molar-refractivity contribution >= 4 is 0 Å². The van der Waals surface area contributed by atoms with Crippen LogP contribution >= 0.6 is 0 Å². The van der Waals surface area contributed by atoms with E-state index < -0.39 is 0 Å². The van der Waals surface area contributed by atoms with E-state index in [2.05, 4.69) is 42.7 Å². The molecule has 0 bridgehead atoms. The summed E-state index contributed by atoms with van der Waals surface area (Å²) >= 11 is 0. The number of benzene rings is 1. The minimum Gasteiger partial charge on any atom is -0.384 e. The highest BCUT2D eigenvalue weighted by molar-refractivity contribution is 5.41.